The third-order valence-corrected chi connectivity index (χ3v) is 5.66. The van der Waals surface area contributed by atoms with Crippen molar-refractivity contribution in [2.24, 2.45) is 0 Å². The van der Waals surface area contributed by atoms with E-state index in [1.807, 2.05) is 20.8 Å². The monoisotopic (exact) mass is 673 g/mol. The molecule has 0 atom stereocenters. The Morgan fingerprint density at radius 3 is 1.44 bits per heavy atom. The fourth-order valence-electron chi connectivity index (χ4n) is 3.70. The number of esters is 2. The van der Waals surface area contributed by atoms with Crippen LogP contribution in [0.5, 0.6) is 0 Å². The minimum absolute atomic E-state index is 0.127. The Kier molecular flexibility index (Phi) is 17.7. The molecule has 0 unspecified atom stereocenters. The van der Waals surface area contributed by atoms with E-state index in [1.54, 1.807) is 64.2 Å². The highest BCUT2D eigenvalue weighted by molar-refractivity contribution is 5.74. The van der Waals surface area contributed by atoms with Gasteiger partial charge in [-0.25, -0.2) is 13.2 Å². The summed E-state index contributed by atoms with van der Waals surface area (Å²) in [5.74, 6) is -1.62. The van der Waals surface area contributed by atoms with Crippen molar-refractivity contribution in [3.8, 4) is 0 Å². The third-order valence-electron chi connectivity index (χ3n) is 5.66. The van der Waals surface area contributed by atoms with Crippen molar-refractivity contribution in [3.05, 3.63) is 107 Å². The van der Waals surface area contributed by atoms with Gasteiger partial charge in [0, 0.05) is 26.7 Å². The van der Waals surface area contributed by atoms with E-state index in [0.29, 0.717) is 19.5 Å². The molecule has 48 heavy (non-hydrogen) atoms. The summed E-state index contributed by atoms with van der Waals surface area (Å²) in [5.41, 5.74) is 1.55. The van der Waals surface area contributed by atoms with Crippen LogP contribution >= 0.6 is 0 Å². The Morgan fingerprint density at radius 1 is 0.646 bits per heavy atom. The number of hydrogen-bond donors (Lipinski definition) is 1. The van der Waals surface area contributed by atoms with Gasteiger partial charge in [0.25, 0.3) is 0 Å². The number of halogens is 3. The first-order chi connectivity index (χ1) is 22.4. The lowest BCUT2D eigenvalue weighted by Crippen LogP contribution is -2.33. The van der Waals surface area contributed by atoms with Crippen LogP contribution in [0.25, 0.3) is 0 Å². The molecule has 3 rings (SSSR count). The number of carbonyl (C=O) groups excluding carboxylic acids is 4. The molecule has 0 fully saturated rings. The molecule has 0 radical (unpaired) electrons. The predicted octanol–water partition coefficient (Wildman–Crippen LogP) is 5.80. The van der Waals surface area contributed by atoms with Gasteiger partial charge in [-0.3, -0.25) is 19.2 Å². The van der Waals surface area contributed by atoms with Crippen molar-refractivity contribution in [2.45, 2.75) is 72.4 Å². The van der Waals surface area contributed by atoms with Crippen molar-refractivity contribution in [1.29, 1.82) is 0 Å². The molecule has 0 aliphatic heterocycles. The summed E-state index contributed by atoms with van der Waals surface area (Å²) in [5, 5.41) is 2.95. The number of nitrogens with one attached hydrogen (secondary N) is 1. The first kappa shape index (κ1) is 41.3. The fourth-order valence-corrected chi connectivity index (χ4v) is 3.70. The second-order valence-corrected chi connectivity index (χ2v) is 12.7. The summed E-state index contributed by atoms with van der Waals surface area (Å²) in [6.45, 7) is 12.0. The van der Waals surface area contributed by atoms with E-state index in [2.05, 4.69) is 5.32 Å². The van der Waals surface area contributed by atoms with E-state index in [0.717, 1.165) is 23.1 Å². The summed E-state index contributed by atoms with van der Waals surface area (Å²) in [6, 6.07) is 18.0. The predicted molar refractivity (Wildman–Crippen MR) is 177 cm³/mol. The van der Waals surface area contributed by atoms with Gasteiger partial charge in [-0.15, -0.1) is 0 Å². The lowest BCUT2D eigenvalue weighted by molar-refractivity contribution is -0.157. The van der Waals surface area contributed by atoms with Crippen molar-refractivity contribution in [1.82, 2.24) is 15.1 Å². The molecule has 0 aliphatic rings. The van der Waals surface area contributed by atoms with Gasteiger partial charge in [-0.1, -0.05) is 36.4 Å². The number of carbonyl (C=O) groups is 4. The maximum Gasteiger partial charge on any atom is 0.326 e. The van der Waals surface area contributed by atoms with Crippen LogP contribution in [0, 0.1) is 17.5 Å². The minimum Gasteiger partial charge on any atom is -0.459 e. The molecular formula is C36H46F3N3O6. The molecule has 3 aromatic carbocycles. The Hall–Kier alpha value is -4.71. The number of amides is 2. The number of benzene rings is 3. The van der Waals surface area contributed by atoms with E-state index < -0.39 is 17.2 Å². The second kappa shape index (κ2) is 20.5. The summed E-state index contributed by atoms with van der Waals surface area (Å²) in [6.07, 6.45) is 1.32. The van der Waals surface area contributed by atoms with E-state index in [-0.39, 0.29) is 43.1 Å². The van der Waals surface area contributed by atoms with Gasteiger partial charge in [0.15, 0.2) is 0 Å². The molecule has 0 heterocycles. The minimum atomic E-state index is -0.582. The van der Waals surface area contributed by atoms with Gasteiger partial charge in [0.1, 0.15) is 35.2 Å². The van der Waals surface area contributed by atoms with Crippen LogP contribution in [-0.2, 0) is 48.3 Å². The molecule has 0 saturated carbocycles. The van der Waals surface area contributed by atoms with Gasteiger partial charge in [0.05, 0.1) is 6.54 Å². The van der Waals surface area contributed by atoms with Crippen molar-refractivity contribution < 1.29 is 41.8 Å². The molecule has 0 aromatic heterocycles. The molecule has 9 nitrogen and oxygen atoms in total. The van der Waals surface area contributed by atoms with Crippen LogP contribution in [0.4, 0.5) is 13.2 Å². The fraction of sp³-hybridized carbons (Fsp3) is 0.389. The SMILES string of the molecule is CC(C)(C)OC(=O)CN(C=O)Cc1ccc(F)cc1.CC(C)(C)OC(=O)CNCc1ccc(F)cc1.CN(C=O)Cc1ccc(F)cc1. The zero-order valence-corrected chi connectivity index (χ0v) is 28.6. The van der Waals surface area contributed by atoms with Crippen LogP contribution in [-0.4, -0.2) is 65.9 Å². The molecule has 12 heteroatoms. The first-order valence-corrected chi connectivity index (χ1v) is 15.1. The van der Waals surface area contributed by atoms with E-state index in [9.17, 15) is 32.3 Å². The lowest BCUT2D eigenvalue weighted by Gasteiger charge is -2.22. The highest BCUT2D eigenvalue weighted by atomic mass is 19.1. The molecule has 2 amide bonds. The van der Waals surface area contributed by atoms with Gasteiger partial charge < -0.3 is 24.6 Å². The van der Waals surface area contributed by atoms with Crippen LogP contribution in [0.2, 0.25) is 0 Å². The maximum absolute atomic E-state index is 12.7. The highest BCUT2D eigenvalue weighted by Crippen LogP contribution is 2.10. The summed E-state index contributed by atoms with van der Waals surface area (Å²) in [4.78, 5) is 46.9. The molecular weight excluding hydrogens is 627 g/mol. The van der Waals surface area contributed by atoms with Gasteiger partial charge in [0.2, 0.25) is 12.8 Å². The van der Waals surface area contributed by atoms with Crippen LogP contribution in [0.3, 0.4) is 0 Å². The molecule has 262 valence electrons. The van der Waals surface area contributed by atoms with Crippen molar-refractivity contribution in [3.63, 3.8) is 0 Å². The molecule has 1 N–H and O–H groups in total. The average molecular weight is 674 g/mol. The first-order valence-electron chi connectivity index (χ1n) is 15.1. The Labute approximate surface area is 281 Å². The summed E-state index contributed by atoms with van der Waals surface area (Å²) in [7, 11) is 1.68. The zero-order chi connectivity index (χ0) is 36.3. The van der Waals surface area contributed by atoms with E-state index in [4.69, 9.17) is 9.47 Å². The normalized spacial score (nSPS) is 10.7. The quantitative estimate of drug-likeness (QED) is 0.192. The highest BCUT2D eigenvalue weighted by Gasteiger charge is 2.18. The molecule has 0 aliphatic carbocycles. The van der Waals surface area contributed by atoms with Gasteiger partial charge in [-0.2, -0.15) is 0 Å². The Bertz CT molecular complexity index is 1410. The summed E-state index contributed by atoms with van der Waals surface area (Å²) < 4.78 is 48.1. The zero-order valence-electron chi connectivity index (χ0n) is 28.6. The maximum atomic E-state index is 12.7. The molecule has 3 aromatic rings. The topological polar surface area (TPSA) is 105 Å². The lowest BCUT2D eigenvalue weighted by atomic mass is 10.2. The smallest absolute Gasteiger partial charge is 0.326 e. The van der Waals surface area contributed by atoms with Crippen molar-refractivity contribution >= 4 is 24.8 Å². The van der Waals surface area contributed by atoms with Crippen LogP contribution < -0.4 is 5.32 Å². The second-order valence-electron chi connectivity index (χ2n) is 12.7. The van der Waals surface area contributed by atoms with Crippen LogP contribution in [0.15, 0.2) is 72.8 Å². The number of hydrogen-bond acceptors (Lipinski definition) is 7. The average Bonchev–Trinajstić information content (AvgIpc) is 2.99. The third kappa shape index (κ3) is 20.4. The molecule has 0 bridgehead atoms. The van der Waals surface area contributed by atoms with E-state index >= 15 is 0 Å². The standard InChI is InChI=1S/C14H18FNO3.C13H18FNO2.C9H10FNO/c1-14(2,3)19-13(18)9-16(10-17)8-11-4-6-12(15)7-5-11;1-13(2,3)17-12(16)9-15-8-10-4-6-11(14)7-5-10;1-11(7-12)6-8-2-4-9(10)5-3-8/h4-7,10H,8-9H2,1-3H3;4-7,15H,8-9H2,1-3H3;2-5,7H,6H2,1H3. The number of rotatable bonds is 12. The molecule has 0 saturated heterocycles. The van der Waals surface area contributed by atoms with Gasteiger partial charge in [-0.05, 0) is 94.6 Å². The Balaban J connectivity index is 0.000000369. The largest absolute Gasteiger partial charge is 0.459 e. The number of nitrogens with zero attached hydrogens (tertiary/aromatic N) is 2. The molecule has 0 spiro atoms. The van der Waals surface area contributed by atoms with Gasteiger partial charge >= 0.3 is 11.9 Å². The summed E-state index contributed by atoms with van der Waals surface area (Å²) >= 11 is 0. The van der Waals surface area contributed by atoms with Crippen LogP contribution in [0.1, 0.15) is 58.2 Å². The van der Waals surface area contributed by atoms with E-state index in [1.165, 1.54) is 46.2 Å². The van der Waals surface area contributed by atoms with Crippen molar-refractivity contribution in [2.75, 3.05) is 20.1 Å². The Morgan fingerprint density at radius 2 is 1.04 bits per heavy atom. The number of ether oxygens (including phenoxy) is 2.